The van der Waals surface area contributed by atoms with Gasteiger partial charge >= 0.3 is 5.69 Å². The minimum Gasteiger partial charge on any atom is -0.867 e. The molecule has 0 N–H and O–H groups in total. The van der Waals surface area contributed by atoms with Crippen LogP contribution in [0.3, 0.4) is 0 Å². The van der Waals surface area contributed by atoms with E-state index in [1.165, 1.54) is 0 Å². The first kappa shape index (κ1) is 8.64. The van der Waals surface area contributed by atoms with Crippen molar-refractivity contribution in [2.45, 2.75) is 4.90 Å². The predicted octanol–water partition coefficient (Wildman–Crippen LogP) is 0.483. The molecule has 0 saturated carbocycles. The molecule has 0 aliphatic rings. The van der Waals surface area contributed by atoms with Gasteiger partial charge in [-0.25, -0.2) is 0 Å². The molecule has 0 saturated heterocycles. The number of hydrogen-bond donors (Lipinski definition) is 0. The van der Waals surface area contributed by atoms with Gasteiger partial charge in [0.1, 0.15) is 0 Å². The summed E-state index contributed by atoms with van der Waals surface area (Å²) in [7, 11) is 0. The number of nitrogens with zero attached hydrogens (tertiary/aromatic N) is 2. The van der Waals surface area contributed by atoms with Crippen molar-refractivity contribution in [3.8, 4) is 5.75 Å². The molecular formula is C6H3N2O3S-. The monoisotopic (exact) mass is 183 g/mol. The summed E-state index contributed by atoms with van der Waals surface area (Å²) in [6.45, 7) is 0. The molecule has 0 aliphatic carbocycles. The highest BCUT2D eigenvalue weighted by Crippen LogP contribution is 2.25. The second-order valence-electron chi connectivity index (χ2n) is 1.96. The summed E-state index contributed by atoms with van der Waals surface area (Å²) in [5.74, 6) is -0.522. The Kier molecular flexibility index (Phi) is 2.38. The Morgan fingerprint density at radius 3 is 2.67 bits per heavy atom. The third-order valence-corrected chi connectivity index (χ3v) is 1.87. The summed E-state index contributed by atoms with van der Waals surface area (Å²) in [5, 5.41) is 19.0. The fourth-order valence-corrected chi connectivity index (χ4v) is 1.07. The zero-order valence-corrected chi connectivity index (χ0v) is 6.58. The van der Waals surface area contributed by atoms with Crippen molar-refractivity contribution < 1.29 is 13.9 Å². The van der Waals surface area contributed by atoms with Crippen LogP contribution < -0.4 is 5.11 Å². The van der Waals surface area contributed by atoms with Gasteiger partial charge in [-0.15, -0.1) is 0 Å². The lowest BCUT2D eigenvalue weighted by Gasteiger charge is -2.05. The molecule has 0 aliphatic heterocycles. The summed E-state index contributed by atoms with van der Waals surface area (Å²) < 4.78 is 20.7. The van der Waals surface area contributed by atoms with Gasteiger partial charge < -0.3 is 9.66 Å². The van der Waals surface area contributed by atoms with Gasteiger partial charge in [0.15, 0.2) is 4.98 Å². The molecule has 6 heteroatoms. The van der Waals surface area contributed by atoms with Crippen LogP contribution in [0.1, 0.15) is 0 Å². The average Bonchev–Trinajstić information content (AvgIpc) is 2.05. The van der Waals surface area contributed by atoms with Crippen LogP contribution in [0.15, 0.2) is 23.1 Å². The van der Waals surface area contributed by atoms with Crippen molar-refractivity contribution in [3.63, 3.8) is 0 Å². The van der Waals surface area contributed by atoms with Crippen LogP contribution >= 0.6 is 0 Å². The highest BCUT2D eigenvalue weighted by atomic mass is 32.2. The van der Waals surface area contributed by atoms with Crippen molar-refractivity contribution in [3.05, 3.63) is 23.2 Å². The normalized spacial score (nSPS) is 12.0. The summed E-state index contributed by atoms with van der Waals surface area (Å²) >= 11 is -2.41. The van der Waals surface area contributed by atoms with E-state index in [4.69, 9.17) is 5.39 Å². The van der Waals surface area contributed by atoms with E-state index in [1.807, 2.05) is 0 Å². The van der Waals surface area contributed by atoms with Gasteiger partial charge in [-0.3, -0.25) is 4.21 Å². The zero-order chi connectivity index (χ0) is 9.14. The van der Waals surface area contributed by atoms with Gasteiger partial charge in [0.2, 0.25) is 5.39 Å². The average molecular weight is 183 g/mol. The van der Waals surface area contributed by atoms with Crippen LogP contribution in [0.4, 0.5) is 5.69 Å². The molecule has 62 valence electrons. The highest BCUT2D eigenvalue weighted by molar-refractivity contribution is 7.79. The van der Waals surface area contributed by atoms with Crippen molar-refractivity contribution in [1.82, 2.24) is 0 Å². The molecule has 5 nitrogen and oxygen atoms in total. The van der Waals surface area contributed by atoms with Gasteiger partial charge in [-0.1, -0.05) is 6.07 Å². The standard InChI is InChI=1S/C6H4N2O3S/c7-8-5-3-4(12(10)11)1-2-6(5)9/h1-3H,(H-,9,10,11)/p-1. The zero-order valence-electron chi connectivity index (χ0n) is 5.76. The molecular weight excluding hydrogens is 180 g/mol. The third kappa shape index (κ3) is 1.58. The Balaban J connectivity index is 3.25. The summed E-state index contributed by atoms with van der Waals surface area (Å²) in [5.41, 5.74) is -0.281. The first-order valence-electron chi connectivity index (χ1n) is 2.90. The number of rotatable bonds is 1. The summed E-state index contributed by atoms with van der Waals surface area (Å²) in [6.07, 6.45) is 0. The molecule has 1 unspecified atom stereocenters. The van der Waals surface area contributed by atoms with E-state index in [0.717, 1.165) is 18.2 Å². The molecule has 0 spiro atoms. The molecule has 0 bridgehead atoms. The predicted molar refractivity (Wildman–Crippen MR) is 37.8 cm³/mol. The minimum atomic E-state index is -2.41. The Hall–Kier alpha value is -1.45. The fourth-order valence-electron chi connectivity index (χ4n) is 0.679. The van der Waals surface area contributed by atoms with Crippen LogP contribution in [-0.2, 0) is 11.1 Å². The molecule has 12 heavy (non-hydrogen) atoms. The smallest absolute Gasteiger partial charge is 0.378 e. The SMILES string of the molecule is N#[N+]c1cc(S(=O)[O-])ccc1[O-]. The van der Waals surface area contributed by atoms with Crippen LogP contribution in [0.25, 0.3) is 4.98 Å². The molecule has 1 rings (SSSR count). The third-order valence-electron chi connectivity index (χ3n) is 1.23. The van der Waals surface area contributed by atoms with E-state index < -0.39 is 16.8 Å². The maximum Gasteiger partial charge on any atom is 0.378 e. The minimum absolute atomic E-state index is 0.0811. The lowest BCUT2D eigenvalue weighted by molar-refractivity contribution is -0.266. The molecule has 0 amide bonds. The van der Waals surface area contributed by atoms with E-state index in [9.17, 15) is 13.9 Å². The van der Waals surface area contributed by atoms with Gasteiger partial charge in [-0.05, 0) is 22.9 Å². The van der Waals surface area contributed by atoms with Gasteiger partial charge in [0.25, 0.3) is 0 Å². The number of benzene rings is 1. The Morgan fingerprint density at radius 2 is 2.17 bits per heavy atom. The highest BCUT2D eigenvalue weighted by Gasteiger charge is 2.06. The second kappa shape index (κ2) is 3.30. The molecule has 0 radical (unpaired) electrons. The van der Waals surface area contributed by atoms with Crippen molar-refractivity contribution in [2.24, 2.45) is 0 Å². The van der Waals surface area contributed by atoms with Gasteiger partial charge in [0, 0.05) is 11.0 Å². The van der Waals surface area contributed by atoms with E-state index in [1.54, 1.807) is 0 Å². The maximum absolute atomic E-state index is 10.8. The Morgan fingerprint density at radius 1 is 1.50 bits per heavy atom. The lowest BCUT2D eigenvalue weighted by Crippen LogP contribution is -1.92. The van der Waals surface area contributed by atoms with Crippen LogP contribution in [0.5, 0.6) is 5.75 Å². The van der Waals surface area contributed by atoms with Crippen molar-refractivity contribution in [1.29, 1.82) is 5.39 Å². The van der Waals surface area contributed by atoms with E-state index in [0.29, 0.717) is 0 Å². The molecule has 1 atom stereocenters. The van der Waals surface area contributed by atoms with Crippen LogP contribution in [0, 0.1) is 5.39 Å². The molecule has 1 aromatic carbocycles. The Bertz CT molecular complexity index is 372. The molecule has 0 heterocycles. The lowest BCUT2D eigenvalue weighted by atomic mass is 10.3. The Labute approximate surface area is 70.6 Å². The topological polar surface area (TPSA) is 91.3 Å². The van der Waals surface area contributed by atoms with Crippen molar-refractivity contribution >= 4 is 16.8 Å². The molecule has 1 aromatic rings. The van der Waals surface area contributed by atoms with Gasteiger partial charge in [-0.2, -0.15) is 0 Å². The summed E-state index contributed by atoms with van der Waals surface area (Å²) in [4.78, 5) is 2.55. The summed E-state index contributed by atoms with van der Waals surface area (Å²) in [6, 6.07) is 3.16. The number of diazo groups is 1. The quantitative estimate of drug-likeness (QED) is 0.467. The van der Waals surface area contributed by atoms with Crippen molar-refractivity contribution in [2.75, 3.05) is 0 Å². The maximum atomic E-state index is 10.8. The van der Waals surface area contributed by atoms with Crippen LogP contribution in [0.2, 0.25) is 0 Å². The first-order valence-corrected chi connectivity index (χ1v) is 3.98. The van der Waals surface area contributed by atoms with E-state index in [-0.39, 0.29) is 10.6 Å². The fraction of sp³-hybridized carbons (Fsp3) is 0. The largest absolute Gasteiger partial charge is 0.867 e. The van der Waals surface area contributed by atoms with E-state index >= 15 is 0 Å². The molecule has 0 fully saturated rings. The molecule has 0 aromatic heterocycles. The number of hydrogen-bond acceptors (Lipinski definition) is 4. The second-order valence-corrected chi connectivity index (χ2v) is 2.91. The first-order chi connectivity index (χ1) is 5.65. The van der Waals surface area contributed by atoms with E-state index in [2.05, 4.69) is 4.98 Å². The van der Waals surface area contributed by atoms with Gasteiger partial charge in [0.05, 0.1) is 0 Å². The van der Waals surface area contributed by atoms with Crippen LogP contribution in [-0.4, -0.2) is 8.76 Å².